The normalized spacial score (nSPS) is 12.6. The molecule has 0 aliphatic rings. The first-order chi connectivity index (χ1) is 20.7. The van der Waals surface area contributed by atoms with Crippen LogP contribution in [0.15, 0.2) is 60.7 Å². The van der Waals surface area contributed by atoms with Gasteiger partial charge in [-0.25, -0.2) is 4.79 Å². The van der Waals surface area contributed by atoms with Gasteiger partial charge in [-0.05, 0) is 75.9 Å². The second-order valence-corrected chi connectivity index (χ2v) is 12.2. The number of nitrogens with one attached hydrogen (secondary N) is 2. The quantitative estimate of drug-likeness (QED) is 0.186. The summed E-state index contributed by atoms with van der Waals surface area (Å²) in [5.74, 6) is -1.18. The van der Waals surface area contributed by atoms with Crippen molar-refractivity contribution >= 4 is 35.2 Å². The third-order valence-electron chi connectivity index (χ3n) is 6.99. The highest BCUT2D eigenvalue weighted by molar-refractivity contribution is 6.34. The lowest BCUT2D eigenvalue weighted by Gasteiger charge is -2.35. The summed E-state index contributed by atoms with van der Waals surface area (Å²) in [4.78, 5) is 43.1. The summed E-state index contributed by atoms with van der Waals surface area (Å²) >= 11 is 6.44. The van der Waals surface area contributed by atoms with E-state index < -0.39 is 35.6 Å². The monoisotopic (exact) mass is 623 g/mol. The number of hydrogen-bond donors (Lipinski definition) is 4. The first-order valence-electron chi connectivity index (χ1n) is 14.6. The van der Waals surface area contributed by atoms with Gasteiger partial charge in [0.1, 0.15) is 29.2 Å². The number of phenols is 2. The number of hydrogen-bond acceptors (Lipinski definition) is 6. The summed E-state index contributed by atoms with van der Waals surface area (Å²) in [7, 11) is 0. The standard InChI is InChI=1S/C34H42ClN3O6/c1-7-8-19-38(32(42)27(36-33(43)44-34(4,5)6)20-23-15-17-24(39)18-16-23)29(25-13-9-12-22(3)30(25)40)31(41)37-28-21(2)11-10-14-26(28)35/h9-18,27,29,39-40H,7-8,19-20H2,1-6H3,(H,36,43)(H,37,41). The highest BCUT2D eigenvalue weighted by atomic mass is 35.5. The maximum atomic E-state index is 14.5. The van der Waals surface area contributed by atoms with Gasteiger partial charge in [0.05, 0.1) is 10.7 Å². The maximum Gasteiger partial charge on any atom is 0.408 e. The molecule has 0 saturated carbocycles. The molecular weight excluding hydrogens is 582 g/mol. The lowest BCUT2D eigenvalue weighted by Crippen LogP contribution is -2.53. The number of ether oxygens (including phenoxy) is 1. The largest absolute Gasteiger partial charge is 0.508 e. The molecule has 0 fully saturated rings. The number of amides is 3. The molecule has 3 amide bonds. The number of aryl methyl sites for hydroxylation is 2. The summed E-state index contributed by atoms with van der Waals surface area (Å²) in [6.07, 6.45) is 0.518. The molecule has 4 N–H and O–H groups in total. The number of para-hydroxylation sites is 2. The minimum Gasteiger partial charge on any atom is -0.508 e. The Morgan fingerprint density at radius 2 is 1.59 bits per heavy atom. The second-order valence-electron chi connectivity index (χ2n) is 11.8. The van der Waals surface area contributed by atoms with E-state index in [0.29, 0.717) is 34.7 Å². The van der Waals surface area contributed by atoms with E-state index in [1.165, 1.54) is 17.0 Å². The van der Waals surface area contributed by atoms with E-state index in [1.807, 2.05) is 6.92 Å². The average Bonchev–Trinajstić information content (AvgIpc) is 2.94. The van der Waals surface area contributed by atoms with Gasteiger partial charge in [0.15, 0.2) is 0 Å². The number of nitrogens with zero attached hydrogens (tertiary/aromatic N) is 1. The molecule has 0 spiro atoms. The third kappa shape index (κ3) is 9.13. The van der Waals surface area contributed by atoms with Crippen molar-refractivity contribution in [2.24, 2.45) is 0 Å². The van der Waals surface area contributed by atoms with Gasteiger partial charge in [0.25, 0.3) is 5.91 Å². The summed E-state index contributed by atoms with van der Waals surface area (Å²) < 4.78 is 5.47. The molecule has 2 atom stereocenters. The molecule has 44 heavy (non-hydrogen) atoms. The van der Waals surface area contributed by atoms with Crippen LogP contribution in [0.25, 0.3) is 0 Å². The number of aromatic hydroxyl groups is 2. The van der Waals surface area contributed by atoms with E-state index in [0.717, 1.165) is 5.56 Å². The van der Waals surface area contributed by atoms with Gasteiger partial charge in [-0.1, -0.05) is 67.4 Å². The van der Waals surface area contributed by atoms with Crippen molar-refractivity contribution in [1.82, 2.24) is 10.2 Å². The second kappa shape index (κ2) is 15.0. The lowest BCUT2D eigenvalue weighted by atomic mass is 9.97. The number of carbonyl (C=O) groups is 3. The van der Waals surface area contributed by atoms with Crippen molar-refractivity contribution in [2.75, 3.05) is 11.9 Å². The van der Waals surface area contributed by atoms with Gasteiger partial charge in [-0.2, -0.15) is 0 Å². The van der Waals surface area contributed by atoms with Crippen LogP contribution in [-0.2, 0) is 20.7 Å². The highest BCUT2D eigenvalue weighted by Gasteiger charge is 2.38. The number of carbonyl (C=O) groups excluding carboxylic acids is 3. The first kappa shape index (κ1) is 34.3. The van der Waals surface area contributed by atoms with Crippen LogP contribution in [0.1, 0.15) is 68.8 Å². The number of phenolic OH excluding ortho intramolecular Hbond substituents is 2. The van der Waals surface area contributed by atoms with E-state index in [1.54, 1.807) is 83.1 Å². The van der Waals surface area contributed by atoms with E-state index in [4.69, 9.17) is 16.3 Å². The van der Waals surface area contributed by atoms with Crippen LogP contribution in [-0.4, -0.2) is 51.2 Å². The molecule has 3 rings (SSSR count). The number of unbranched alkanes of at least 4 members (excludes halogenated alkanes) is 1. The number of benzene rings is 3. The van der Waals surface area contributed by atoms with Crippen molar-refractivity contribution in [3.05, 3.63) is 87.9 Å². The fourth-order valence-electron chi connectivity index (χ4n) is 4.75. The predicted molar refractivity (Wildman–Crippen MR) is 172 cm³/mol. The van der Waals surface area contributed by atoms with Crippen LogP contribution in [0.5, 0.6) is 11.5 Å². The Bertz CT molecular complexity index is 1450. The zero-order chi connectivity index (χ0) is 32.6. The molecule has 0 radical (unpaired) electrons. The van der Waals surface area contributed by atoms with E-state index in [9.17, 15) is 24.6 Å². The molecule has 0 aliphatic heterocycles. The smallest absolute Gasteiger partial charge is 0.408 e. The number of rotatable bonds is 11. The zero-order valence-corrected chi connectivity index (χ0v) is 26.9. The van der Waals surface area contributed by atoms with Gasteiger partial charge in [-0.15, -0.1) is 0 Å². The molecule has 0 aliphatic carbocycles. The van der Waals surface area contributed by atoms with Gasteiger partial charge in [-0.3, -0.25) is 9.59 Å². The Morgan fingerprint density at radius 1 is 0.955 bits per heavy atom. The van der Waals surface area contributed by atoms with E-state index >= 15 is 0 Å². The summed E-state index contributed by atoms with van der Waals surface area (Å²) in [6.45, 7) is 10.8. The molecule has 0 bridgehead atoms. The van der Waals surface area contributed by atoms with Crippen molar-refractivity contribution in [3.63, 3.8) is 0 Å². The Kier molecular flexibility index (Phi) is 11.7. The summed E-state index contributed by atoms with van der Waals surface area (Å²) in [5.41, 5.74) is 1.73. The zero-order valence-electron chi connectivity index (χ0n) is 26.1. The molecule has 10 heteroatoms. The number of halogens is 1. The molecule has 0 aromatic heterocycles. The molecule has 3 aromatic rings. The third-order valence-corrected chi connectivity index (χ3v) is 7.31. The lowest BCUT2D eigenvalue weighted by molar-refractivity contribution is -0.141. The van der Waals surface area contributed by atoms with Crippen LogP contribution in [0, 0.1) is 13.8 Å². The summed E-state index contributed by atoms with van der Waals surface area (Å²) in [5, 5.41) is 26.9. The molecule has 0 saturated heterocycles. The van der Waals surface area contributed by atoms with Crippen molar-refractivity contribution in [1.29, 1.82) is 0 Å². The number of alkyl carbamates (subject to hydrolysis) is 1. The molecular formula is C34H42ClN3O6. The van der Waals surface area contributed by atoms with Crippen LogP contribution in [0.3, 0.4) is 0 Å². The Labute approximate surface area is 264 Å². The molecule has 9 nitrogen and oxygen atoms in total. The topological polar surface area (TPSA) is 128 Å². The first-order valence-corrected chi connectivity index (χ1v) is 15.0. The van der Waals surface area contributed by atoms with Crippen LogP contribution in [0.4, 0.5) is 10.5 Å². The Balaban J connectivity index is 2.13. The molecule has 2 unspecified atom stereocenters. The molecule has 3 aromatic carbocycles. The van der Waals surface area contributed by atoms with Crippen LogP contribution < -0.4 is 10.6 Å². The SMILES string of the molecule is CCCCN(C(=O)C(Cc1ccc(O)cc1)NC(=O)OC(C)(C)C)C(C(=O)Nc1c(C)cccc1Cl)c1cccc(C)c1O. The molecule has 236 valence electrons. The fraction of sp³-hybridized carbons (Fsp3) is 0.382. The highest BCUT2D eigenvalue weighted by Crippen LogP contribution is 2.35. The van der Waals surface area contributed by atoms with Crippen molar-refractivity contribution in [2.45, 2.75) is 78.5 Å². The van der Waals surface area contributed by atoms with Gasteiger partial charge < -0.3 is 30.5 Å². The van der Waals surface area contributed by atoms with Crippen molar-refractivity contribution < 1.29 is 29.3 Å². The van der Waals surface area contributed by atoms with E-state index in [-0.39, 0.29) is 30.0 Å². The summed E-state index contributed by atoms with van der Waals surface area (Å²) in [6, 6.07) is 14.1. The predicted octanol–water partition coefficient (Wildman–Crippen LogP) is 6.81. The minimum absolute atomic E-state index is 0.0543. The van der Waals surface area contributed by atoms with Gasteiger partial charge in [0.2, 0.25) is 5.91 Å². The fourth-order valence-corrected chi connectivity index (χ4v) is 5.02. The molecule has 0 heterocycles. The number of anilines is 1. The van der Waals surface area contributed by atoms with E-state index in [2.05, 4.69) is 10.6 Å². The average molecular weight is 624 g/mol. The van der Waals surface area contributed by atoms with Crippen LogP contribution in [0.2, 0.25) is 5.02 Å². The Hall–Kier alpha value is -4.24. The van der Waals surface area contributed by atoms with Crippen LogP contribution >= 0.6 is 11.6 Å². The van der Waals surface area contributed by atoms with Crippen molar-refractivity contribution in [3.8, 4) is 11.5 Å². The van der Waals surface area contributed by atoms with Gasteiger partial charge in [0, 0.05) is 18.5 Å². The van der Waals surface area contributed by atoms with Gasteiger partial charge >= 0.3 is 6.09 Å². The Morgan fingerprint density at radius 3 is 2.20 bits per heavy atom. The minimum atomic E-state index is -1.27. The maximum absolute atomic E-state index is 14.5.